The molecular weight excluding hydrogens is 316 g/mol. The topological polar surface area (TPSA) is 64.7 Å². The molecule has 136 valence electrons. The molecule has 3 amide bonds. The Morgan fingerprint density at radius 1 is 1.04 bits per heavy atom. The molecule has 1 saturated carbocycles. The third kappa shape index (κ3) is 5.19. The van der Waals surface area contributed by atoms with E-state index in [0.29, 0.717) is 25.7 Å². The highest BCUT2D eigenvalue weighted by atomic mass is 16.2. The predicted molar refractivity (Wildman–Crippen MR) is 98.6 cm³/mol. The summed E-state index contributed by atoms with van der Waals surface area (Å²) in [6.45, 7) is 5.21. The summed E-state index contributed by atoms with van der Waals surface area (Å²) in [4.78, 5) is 28.4. The lowest BCUT2D eigenvalue weighted by Gasteiger charge is -2.34. The molecule has 0 bridgehead atoms. The highest BCUT2D eigenvalue weighted by Gasteiger charge is 2.25. The number of rotatable bonds is 4. The number of anilines is 1. The Morgan fingerprint density at radius 3 is 2.32 bits per heavy atom. The van der Waals surface area contributed by atoms with E-state index in [1.165, 1.54) is 18.4 Å². The molecule has 2 aliphatic rings. The van der Waals surface area contributed by atoms with Crippen molar-refractivity contribution < 1.29 is 9.59 Å². The van der Waals surface area contributed by atoms with Crippen molar-refractivity contribution in [2.75, 3.05) is 38.0 Å². The van der Waals surface area contributed by atoms with Gasteiger partial charge in [0.1, 0.15) is 0 Å². The predicted octanol–water partition coefficient (Wildman–Crippen LogP) is 2.20. The molecule has 0 spiro atoms. The van der Waals surface area contributed by atoms with E-state index in [-0.39, 0.29) is 11.9 Å². The van der Waals surface area contributed by atoms with Crippen molar-refractivity contribution in [2.45, 2.75) is 38.6 Å². The van der Waals surface area contributed by atoms with Crippen LogP contribution >= 0.6 is 0 Å². The Kier molecular flexibility index (Phi) is 5.91. The van der Waals surface area contributed by atoms with Gasteiger partial charge in [-0.25, -0.2) is 4.79 Å². The van der Waals surface area contributed by atoms with Crippen molar-refractivity contribution in [3.8, 4) is 0 Å². The summed E-state index contributed by atoms with van der Waals surface area (Å²) in [5.41, 5.74) is 2.00. The van der Waals surface area contributed by atoms with Crippen LogP contribution < -0.4 is 10.6 Å². The number of urea groups is 1. The minimum Gasteiger partial charge on any atom is -0.335 e. The first-order valence-corrected chi connectivity index (χ1v) is 9.24. The monoisotopic (exact) mass is 344 g/mol. The van der Waals surface area contributed by atoms with E-state index in [4.69, 9.17) is 0 Å². The zero-order chi connectivity index (χ0) is 17.6. The molecular formula is C19H28N4O2. The van der Waals surface area contributed by atoms with Gasteiger partial charge in [-0.2, -0.15) is 0 Å². The van der Waals surface area contributed by atoms with Crippen LogP contribution in [-0.4, -0.2) is 60.5 Å². The number of nitrogens with one attached hydrogen (secondary N) is 2. The zero-order valence-corrected chi connectivity index (χ0v) is 15.0. The van der Waals surface area contributed by atoms with Crippen LogP contribution in [0.4, 0.5) is 10.5 Å². The number of nitrogens with zero attached hydrogens (tertiary/aromatic N) is 2. The van der Waals surface area contributed by atoms with Gasteiger partial charge in [0.15, 0.2) is 0 Å². The fourth-order valence-corrected chi connectivity index (χ4v) is 3.49. The SMILES string of the molecule is Cc1ccc(NC(=O)CN2CCN(C(=O)NC3CCCC3)CC2)cc1. The molecule has 25 heavy (non-hydrogen) atoms. The molecule has 1 aromatic rings. The van der Waals surface area contributed by atoms with Crippen molar-refractivity contribution in [2.24, 2.45) is 0 Å². The maximum atomic E-state index is 12.3. The summed E-state index contributed by atoms with van der Waals surface area (Å²) < 4.78 is 0. The molecule has 6 nitrogen and oxygen atoms in total. The summed E-state index contributed by atoms with van der Waals surface area (Å²) in [6.07, 6.45) is 4.64. The van der Waals surface area contributed by atoms with Crippen LogP contribution in [-0.2, 0) is 4.79 Å². The first-order valence-electron chi connectivity index (χ1n) is 9.24. The molecule has 3 rings (SSSR count). The van der Waals surface area contributed by atoms with Crippen LogP contribution in [0.2, 0.25) is 0 Å². The number of piperazine rings is 1. The number of hydrogen-bond donors (Lipinski definition) is 2. The van der Waals surface area contributed by atoms with E-state index >= 15 is 0 Å². The Morgan fingerprint density at radius 2 is 1.68 bits per heavy atom. The summed E-state index contributed by atoms with van der Waals surface area (Å²) in [5, 5.41) is 6.06. The molecule has 2 N–H and O–H groups in total. The van der Waals surface area contributed by atoms with Crippen LogP contribution in [0, 0.1) is 6.92 Å². The molecule has 2 fully saturated rings. The number of aryl methyl sites for hydroxylation is 1. The Hall–Kier alpha value is -2.08. The van der Waals surface area contributed by atoms with Gasteiger partial charge in [0.2, 0.25) is 5.91 Å². The summed E-state index contributed by atoms with van der Waals surface area (Å²) in [5.74, 6) is -0.00675. The summed E-state index contributed by atoms with van der Waals surface area (Å²) in [7, 11) is 0. The second kappa shape index (κ2) is 8.34. The average Bonchev–Trinajstić information content (AvgIpc) is 3.10. The van der Waals surface area contributed by atoms with Crippen molar-refractivity contribution in [3.05, 3.63) is 29.8 Å². The fourth-order valence-electron chi connectivity index (χ4n) is 3.49. The molecule has 0 radical (unpaired) electrons. The molecule has 1 aromatic carbocycles. The Labute approximate surface area is 149 Å². The van der Waals surface area contributed by atoms with E-state index < -0.39 is 0 Å². The van der Waals surface area contributed by atoms with Crippen LogP contribution in [0.3, 0.4) is 0 Å². The number of carbonyl (C=O) groups excluding carboxylic acids is 2. The van der Waals surface area contributed by atoms with Gasteiger partial charge in [-0.3, -0.25) is 9.69 Å². The van der Waals surface area contributed by atoms with Gasteiger partial charge in [-0.05, 0) is 31.9 Å². The molecule has 0 atom stereocenters. The van der Waals surface area contributed by atoms with Crippen molar-refractivity contribution >= 4 is 17.6 Å². The molecule has 1 aliphatic carbocycles. The highest BCUT2D eigenvalue weighted by molar-refractivity contribution is 5.92. The maximum Gasteiger partial charge on any atom is 0.317 e. The van der Waals surface area contributed by atoms with E-state index in [1.54, 1.807) is 0 Å². The lowest BCUT2D eigenvalue weighted by atomic mass is 10.2. The zero-order valence-electron chi connectivity index (χ0n) is 15.0. The minimum atomic E-state index is -0.00675. The van der Waals surface area contributed by atoms with Gasteiger partial charge < -0.3 is 15.5 Å². The second-order valence-electron chi connectivity index (χ2n) is 7.11. The van der Waals surface area contributed by atoms with Gasteiger partial charge >= 0.3 is 6.03 Å². The van der Waals surface area contributed by atoms with Crippen LogP contribution in [0.15, 0.2) is 24.3 Å². The summed E-state index contributed by atoms with van der Waals surface area (Å²) >= 11 is 0. The maximum absolute atomic E-state index is 12.3. The Bertz CT molecular complexity index is 588. The third-order valence-electron chi connectivity index (χ3n) is 5.04. The molecule has 0 unspecified atom stereocenters. The molecule has 6 heteroatoms. The van der Waals surface area contributed by atoms with Crippen molar-refractivity contribution in [1.29, 1.82) is 0 Å². The number of hydrogen-bond acceptors (Lipinski definition) is 3. The lowest BCUT2D eigenvalue weighted by Crippen LogP contribution is -2.54. The largest absolute Gasteiger partial charge is 0.335 e. The van der Waals surface area contributed by atoms with Gasteiger partial charge in [0, 0.05) is 37.9 Å². The number of carbonyl (C=O) groups is 2. The average molecular weight is 344 g/mol. The first-order chi connectivity index (χ1) is 12.1. The molecule has 1 aliphatic heterocycles. The molecule has 0 aromatic heterocycles. The van der Waals surface area contributed by atoms with E-state index in [2.05, 4.69) is 15.5 Å². The quantitative estimate of drug-likeness (QED) is 0.880. The smallest absolute Gasteiger partial charge is 0.317 e. The number of benzene rings is 1. The van der Waals surface area contributed by atoms with Crippen molar-refractivity contribution in [1.82, 2.24) is 15.1 Å². The van der Waals surface area contributed by atoms with Crippen LogP contribution in [0.25, 0.3) is 0 Å². The first kappa shape index (κ1) is 17.7. The normalized spacial score (nSPS) is 19.0. The molecule has 1 saturated heterocycles. The minimum absolute atomic E-state index is 0.00675. The van der Waals surface area contributed by atoms with Gasteiger partial charge in [-0.1, -0.05) is 30.5 Å². The van der Waals surface area contributed by atoms with E-state index in [9.17, 15) is 9.59 Å². The number of amides is 3. The van der Waals surface area contributed by atoms with Crippen LogP contribution in [0.1, 0.15) is 31.2 Å². The van der Waals surface area contributed by atoms with E-state index in [1.807, 2.05) is 36.1 Å². The summed E-state index contributed by atoms with van der Waals surface area (Å²) in [6, 6.07) is 8.20. The van der Waals surface area contributed by atoms with Gasteiger partial charge in [0.25, 0.3) is 0 Å². The van der Waals surface area contributed by atoms with Gasteiger partial charge in [0.05, 0.1) is 6.54 Å². The third-order valence-corrected chi connectivity index (χ3v) is 5.04. The molecule has 1 heterocycles. The Balaban J connectivity index is 1.38. The van der Waals surface area contributed by atoms with Crippen molar-refractivity contribution in [3.63, 3.8) is 0 Å². The van der Waals surface area contributed by atoms with Gasteiger partial charge in [-0.15, -0.1) is 0 Å². The van der Waals surface area contributed by atoms with E-state index in [0.717, 1.165) is 31.6 Å². The second-order valence-corrected chi connectivity index (χ2v) is 7.11. The van der Waals surface area contributed by atoms with Crippen LogP contribution in [0.5, 0.6) is 0 Å². The lowest BCUT2D eigenvalue weighted by molar-refractivity contribution is -0.117. The fraction of sp³-hybridized carbons (Fsp3) is 0.579. The standard InChI is InChI=1S/C19H28N4O2/c1-15-6-8-17(9-7-15)20-18(24)14-22-10-12-23(13-11-22)19(25)21-16-4-2-3-5-16/h6-9,16H,2-5,10-14H2,1H3,(H,20,24)(H,21,25). The highest BCUT2D eigenvalue weighted by Crippen LogP contribution is 2.18.